The molecule has 0 fully saturated rings. The summed E-state index contributed by atoms with van der Waals surface area (Å²) in [5, 5.41) is 0.558. The van der Waals surface area contributed by atoms with E-state index in [1.807, 2.05) is 0 Å². The van der Waals surface area contributed by atoms with E-state index in [0.29, 0.717) is 24.3 Å². The van der Waals surface area contributed by atoms with Gasteiger partial charge >= 0.3 is 5.97 Å². The number of nitrogens with zero attached hydrogens (tertiary/aromatic N) is 2. The van der Waals surface area contributed by atoms with Crippen LogP contribution in [0.4, 0.5) is 5.13 Å². The van der Waals surface area contributed by atoms with Crippen LogP contribution in [0.5, 0.6) is 0 Å². The Morgan fingerprint density at radius 3 is 2.88 bits per heavy atom. The van der Waals surface area contributed by atoms with E-state index >= 15 is 0 Å². The van der Waals surface area contributed by atoms with Crippen LogP contribution in [0.15, 0.2) is 6.20 Å². The van der Waals surface area contributed by atoms with Crippen molar-refractivity contribution in [1.29, 1.82) is 0 Å². The van der Waals surface area contributed by atoms with Crippen LogP contribution in [0, 0.1) is 0 Å². The molecule has 0 aliphatic heterocycles. The fourth-order valence-corrected chi connectivity index (χ4v) is 2.16. The second kappa shape index (κ2) is 6.56. The molecule has 1 aromatic rings. The summed E-state index contributed by atoms with van der Waals surface area (Å²) in [5.41, 5.74) is 5.59. The van der Waals surface area contributed by atoms with Crippen molar-refractivity contribution >= 4 is 22.4 Å². The first-order valence-corrected chi connectivity index (χ1v) is 6.39. The van der Waals surface area contributed by atoms with Gasteiger partial charge in [-0.25, -0.2) is 4.98 Å². The van der Waals surface area contributed by atoms with Crippen molar-refractivity contribution < 1.29 is 9.53 Å². The predicted molar refractivity (Wildman–Crippen MR) is 68.7 cm³/mol. The van der Waals surface area contributed by atoms with E-state index < -0.39 is 0 Å². The van der Waals surface area contributed by atoms with Gasteiger partial charge in [-0.2, -0.15) is 0 Å². The maximum Gasteiger partial charge on any atom is 0.319 e. The number of esters is 1. The van der Waals surface area contributed by atoms with Crippen LogP contribution in [0.3, 0.4) is 0 Å². The molecule has 1 heterocycles. The minimum absolute atomic E-state index is 0.220. The van der Waals surface area contributed by atoms with Crippen LogP contribution in [0.2, 0.25) is 0 Å². The third-order valence-corrected chi connectivity index (χ3v) is 3.52. The summed E-state index contributed by atoms with van der Waals surface area (Å²) in [6, 6.07) is 0.317. The van der Waals surface area contributed by atoms with Crippen molar-refractivity contribution in [3.05, 3.63) is 11.1 Å². The number of rotatable bonds is 6. The number of hydrogen-bond acceptors (Lipinski definition) is 6. The van der Waals surface area contributed by atoms with Crippen molar-refractivity contribution in [2.45, 2.75) is 32.9 Å². The highest BCUT2D eigenvalue weighted by molar-refractivity contribution is 7.15. The molecule has 0 aliphatic rings. The zero-order chi connectivity index (χ0) is 12.8. The Bertz CT molecular complexity index is 367. The van der Waals surface area contributed by atoms with E-state index in [-0.39, 0.29) is 5.97 Å². The molecular formula is C11H19N3O2S. The van der Waals surface area contributed by atoms with Gasteiger partial charge in [0.25, 0.3) is 0 Å². The smallest absolute Gasteiger partial charge is 0.319 e. The zero-order valence-corrected chi connectivity index (χ0v) is 11.3. The quantitative estimate of drug-likeness (QED) is 0.782. The molecule has 2 N–H and O–H groups in total. The van der Waals surface area contributed by atoms with E-state index in [9.17, 15) is 4.79 Å². The highest BCUT2D eigenvalue weighted by Crippen LogP contribution is 2.18. The lowest BCUT2D eigenvalue weighted by Gasteiger charge is -2.26. The molecule has 0 aromatic carbocycles. The third-order valence-electron chi connectivity index (χ3n) is 2.70. The number of hydrogen-bond donors (Lipinski definition) is 1. The highest BCUT2D eigenvalue weighted by Gasteiger charge is 2.17. The van der Waals surface area contributed by atoms with E-state index in [0.717, 1.165) is 11.3 Å². The van der Waals surface area contributed by atoms with Gasteiger partial charge in [0.2, 0.25) is 0 Å². The molecule has 17 heavy (non-hydrogen) atoms. The normalized spacial score (nSPS) is 12.7. The van der Waals surface area contributed by atoms with Gasteiger partial charge in [-0.1, -0.05) is 6.92 Å². The Morgan fingerprint density at radius 2 is 2.41 bits per heavy atom. The lowest BCUT2D eigenvalue weighted by atomic mass is 10.2. The van der Waals surface area contributed by atoms with Crippen LogP contribution in [0.25, 0.3) is 0 Å². The van der Waals surface area contributed by atoms with Crippen LogP contribution in [-0.2, 0) is 16.1 Å². The van der Waals surface area contributed by atoms with Crippen molar-refractivity contribution in [3.8, 4) is 0 Å². The third kappa shape index (κ3) is 4.32. The van der Waals surface area contributed by atoms with Gasteiger partial charge < -0.3 is 10.5 Å². The Kier molecular flexibility index (Phi) is 5.37. The minimum Gasteiger partial charge on any atom is -0.468 e. The summed E-state index contributed by atoms with van der Waals surface area (Å²) >= 11 is 1.45. The van der Waals surface area contributed by atoms with Gasteiger partial charge in [0.15, 0.2) is 5.13 Å². The molecule has 0 saturated heterocycles. The van der Waals surface area contributed by atoms with Gasteiger partial charge in [-0.15, -0.1) is 11.3 Å². The summed E-state index contributed by atoms with van der Waals surface area (Å²) in [6.07, 6.45) is 2.73. The molecule has 6 heteroatoms. The number of nitrogen functional groups attached to an aromatic ring is 1. The van der Waals surface area contributed by atoms with Crippen molar-refractivity contribution in [1.82, 2.24) is 9.88 Å². The molecule has 5 nitrogen and oxygen atoms in total. The average molecular weight is 257 g/mol. The standard InChI is InChI=1S/C11H19N3O2S/c1-4-8(2)14(7-10(15)16-3)6-9-5-13-11(12)17-9/h5,8H,4,6-7H2,1-3H3,(H2,12,13). The molecule has 0 spiro atoms. The maximum absolute atomic E-state index is 11.3. The molecular weight excluding hydrogens is 238 g/mol. The molecule has 1 unspecified atom stereocenters. The molecule has 96 valence electrons. The summed E-state index contributed by atoms with van der Waals surface area (Å²) in [4.78, 5) is 18.5. The summed E-state index contributed by atoms with van der Waals surface area (Å²) in [5.74, 6) is -0.220. The zero-order valence-electron chi connectivity index (χ0n) is 10.5. The molecule has 0 radical (unpaired) electrons. The number of ether oxygens (including phenoxy) is 1. The first kappa shape index (κ1) is 13.9. The number of thiazole rings is 1. The number of methoxy groups -OCH3 is 1. The summed E-state index contributed by atoms with van der Waals surface area (Å²) in [7, 11) is 1.40. The van der Waals surface area contributed by atoms with E-state index in [1.54, 1.807) is 6.20 Å². The molecule has 1 atom stereocenters. The predicted octanol–water partition coefficient (Wildman–Crippen LogP) is 1.50. The van der Waals surface area contributed by atoms with E-state index in [1.165, 1.54) is 18.4 Å². The molecule has 0 amide bonds. The number of carbonyl (C=O) groups is 1. The average Bonchev–Trinajstić information content (AvgIpc) is 2.72. The minimum atomic E-state index is -0.220. The second-order valence-electron chi connectivity index (χ2n) is 3.90. The SMILES string of the molecule is CCC(C)N(CC(=O)OC)Cc1cnc(N)s1. The van der Waals surface area contributed by atoms with Crippen LogP contribution < -0.4 is 5.73 Å². The molecule has 0 bridgehead atoms. The van der Waals surface area contributed by atoms with Gasteiger partial charge in [-0.05, 0) is 13.3 Å². The molecule has 0 aliphatic carbocycles. The van der Waals surface area contributed by atoms with Crippen molar-refractivity contribution in [3.63, 3.8) is 0 Å². The Morgan fingerprint density at radius 1 is 1.71 bits per heavy atom. The fraction of sp³-hybridized carbons (Fsp3) is 0.636. The highest BCUT2D eigenvalue weighted by atomic mass is 32.1. The summed E-state index contributed by atoms with van der Waals surface area (Å²) < 4.78 is 4.70. The van der Waals surface area contributed by atoms with Gasteiger partial charge in [0.05, 0.1) is 13.7 Å². The first-order chi connectivity index (χ1) is 8.06. The monoisotopic (exact) mass is 257 g/mol. The lowest BCUT2D eigenvalue weighted by Crippen LogP contribution is -2.36. The molecule has 1 aromatic heterocycles. The summed E-state index contributed by atoms with van der Waals surface area (Å²) in [6.45, 7) is 5.16. The van der Waals surface area contributed by atoms with Crippen LogP contribution in [-0.4, -0.2) is 35.5 Å². The largest absolute Gasteiger partial charge is 0.468 e. The Hall–Kier alpha value is -1.14. The number of carbonyl (C=O) groups excluding carboxylic acids is 1. The van der Waals surface area contributed by atoms with Crippen LogP contribution >= 0.6 is 11.3 Å². The topological polar surface area (TPSA) is 68.5 Å². The Balaban J connectivity index is 2.66. The number of nitrogens with two attached hydrogens (primary N) is 1. The molecule has 0 saturated carbocycles. The van der Waals surface area contributed by atoms with Crippen molar-refractivity contribution in [2.75, 3.05) is 19.4 Å². The van der Waals surface area contributed by atoms with Crippen LogP contribution in [0.1, 0.15) is 25.1 Å². The van der Waals surface area contributed by atoms with Gasteiger partial charge in [0, 0.05) is 23.7 Å². The van der Waals surface area contributed by atoms with Crippen molar-refractivity contribution in [2.24, 2.45) is 0 Å². The maximum atomic E-state index is 11.3. The van der Waals surface area contributed by atoms with E-state index in [2.05, 4.69) is 23.7 Å². The second-order valence-corrected chi connectivity index (χ2v) is 5.05. The number of anilines is 1. The van der Waals surface area contributed by atoms with Gasteiger partial charge in [-0.3, -0.25) is 9.69 Å². The molecule has 1 rings (SSSR count). The number of aromatic nitrogens is 1. The fourth-order valence-electron chi connectivity index (χ4n) is 1.45. The van der Waals surface area contributed by atoms with Gasteiger partial charge in [0.1, 0.15) is 0 Å². The van der Waals surface area contributed by atoms with E-state index in [4.69, 9.17) is 10.5 Å². The lowest BCUT2D eigenvalue weighted by molar-refractivity contribution is -0.142. The Labute approximate surface area is 106 Å². The first-order valence-electron chi connectivity index (χ1n) is 5.57.